The number of hydrogen-bond donors (Lipinski definition) is 1. The second kappa shape index (κ2) is 6.94. The van der Waals surface area contributed by atoms with Crippen molar-refractivity contribution in [1.82, 2.24) is 19.7 Å². The number of thiazole rings is 1. The molecule has 0 radical (unpaired) electrons. The van der Waals surface area contributed by atoms with Crippen molar-refractivity contribution in [2.24, 2.45) is 5.10 Å². The maximum atomic E-state index is 11.7. The zero-order valence-electron chi connectivity index (χ0n) is 13.9. The van der Waals surface area contributed by atoms with Crippen molar-refractivity contribution in [2.75, 3.05) is 20.6 Å². The van der Waals surface area contributed by atoms with Crippen LogP contribution in [-0.2, 0) is 4.79 Å². The fourth-order valence-corrected chi connectivity index (χ4v) is 3.31. The van der Waals surface area contributed by atoms with E-state index in [0.29, 0.717) is 6.54 Å². The summed E-state index contributed by atoms with van der Waals surface area (Å²) in [4.78, 5) is 19.2. The maximum Gasteiger partial charge on any atom is 0.254 e. The fourth-order valence-electron chi connectivity index (χ4n) is 2.44. The molecule has 0 spiro atoms. The van der Waals surface area contributed by atoms with E-state index in [1.165, 1.54) is 0 Å². The molecule has 1 N–H and O–H groups in total. The van der Waals surface area contributed by atoms with E-state index in [0.717, 1.165) is 27.6 Å². The zero-order chi connectivity index (χ0) is 17.1. The Bertz CT molecular complexity index is 879. The second-order valence-corrected chi connectivity index (χ2v) is 6.57. The topological polar surface area (TPSA) is 62.0 Å². The van der Waals surface area contributed by atoms with E-state index >= 15 is 0 Å². The van der Waals surface area contributed by atoms with Gasteiger partial charge in [0.05, 0.1) is 24.1 Å². The van der Waals surface area contributed by atoms with Gasteiger partial charge in [0.1, 0.15) is 0 Å². The Hall–Kier alpha value is -2.51. The first-order valence-electron chi connectivity index (χ1n) is 7.55. The van der Waals surface area contributed by atoms with E-state index in [2.05, 4.69) is 20.3 Å². The number of nitrogens with zero attached hydrogens (tertiary/aromatic N) is 4. The molecule has 3 aromatic rings. The number of nitrogens with one attached hydrogen (secondary N) is 1. The molecule has 0 unspecified atom stereocenters. The number of rotatable bonds is 5. The van der Waals surface area contributed by atoms with Crippen LogP contribution in [0.5, 0.6) is 0 Å². The zero-order valence-corrected chi connectivity index (χ0v) is 14.7. The van der Waals surface area contributed by atoms with E-state index in [1.54, 1.807) is 22.5 Å². The van der Waals surface area contributed by atoms with Crippen LogP contribution in [0.1, 0.15) is 11.4 Å². The number of hydrazone groups is 1. The Balaban J connectivity index is 1.96. The Morgan fingerprint density at radius 3 is 2.83 bits per heavy atom. The minimum Gasteiger partial charge on any atom is -0.301 e. The monoisotopic (exact) mass is 341 g/mol. The highest BCUT2D eigenvalue weighted by Crippen LogP contribution is 2.27. The van der Waals surface area contributed by atoms with Gasteiger partial charge in [0, 0.05) is 16.6 Å². The highest BCUT2D eigenvalue weighted by molar-refractivity contribution is 7.15. The van der Waals surface area contributed by atoms with Crippen LogP contribution in [0.2, 0.25) is 0 Å². The third-order valence-electron chi connectivity index (χ3n) is 3.45. The molecule has 2 aromatic heterocycles. The quantitative estimate of drug-likeness (QED) is 0.572. The van der Waals surface area contributed by atoms with Gasteiger partial charge in [-0.25, -0.2) is 10.4 Å². The molecule has 0 atom stereocenters. The first kappa shape index (κ1) is 16.4. The Morgan fingerprint density at radius 2 is 2.12 bits per heavy atom. The van der Waals surface area contributed by atoms with Gasteiger partial charge in [-0.3, -0.25) is 9.20 Å². The smallest absolute Gasteiger partial charge is 0.254 e. The minimum atomic E-state index is -0.152. The van der Waals surface area contributed by atoms with Gasteiger partial charge >= 0.3 is 0 Å². The van der Waals surface area contributed by atoms with Crippen molar-refractivity contribution < 1.29 is 4.79 Å². The van der Waals surface area contributed by atoms with Crippen molar-refractivity contribution in [1.29, 1.82) is 0 Å². The predicted molar refractivity (Wildman–Crippen MR) is 97.5 cm³/mol. The van der Waals surface area contributed by atoms with Crippen molar-refractivity contribution in [3.63, 3.8) is 0 Å². The lowest BCUT2D eigenvalue weighted by Gasteiger charge is -2.06. The third-order valence-corrected chi connectivity index (χ3v) is 4.40. The van der Waals surface area contributed by atoms with Gasteiger partial charge in [-0.2, -0.15) is 5.10 Å². The van der Waals surface area contributed by atoms with Crippen LogP contribution in [0, 0.1) is 6.92 Å². The lowest BCUT2D eigenvalue weighted by atomic mass is 10.1. The summed E-state index contributed by atoms with van der Waals surface area (Å²) in [5.41, 5.74) is 6.39. The lowest BCUT2D eigenvalue weighted by molar-refractivity contribution is -0.121. The molecule has 2 heterocycles. The van der Waals surface area contributed by atoms with Crippen LogP contribution >= 0.6 is 11.3 Å². The average molecular weight is 341 g/mol. The first-order valence-corrected chi connectivity index (χ1v) is 8.43. The minimum absolute atomic E-state index is 0.152. The average Bonchev–Trinajstić information content (AvgIpc) is 3.08. The van der Waals surface area contributed by atoms with Gasteiger partial charge in [-0.15, -0.1) is 11.3 Å². The van der Waals surface area contributed by atoms with Crippen molar-refractivity contribution >= 4 is 28.4 Å². The molecule has 24 heavy (non-hydrogen) atoms. The van der Waals surface area contributed by atoms with Crippen molar-refractivity contribution in [3.05, 3.63) is 47.1 Å². The van der Waals surface area contributed by atoms with E-state index in [1.807, 2.05) is 51.4 Å². The number of fused-ring (bicyclic) bond motifs is 1. The molecule has 1 amide bonds. The molecular weight excluding hydrogens is 322 g/mol. The molecule has 1 aromatic carbocycles. The third kappa shape index (κ3) is 3.37. The summed E-state index contributed by atoms with van der Waals surface area (Å²) in [5.74, 6) is -0.152. The van der Waals surface area contributed by atoms with Crippen LogP contribution in [-0.4, -0.2) is 47.0 Å². The predicted octanol–water partition coefficient (Wildman–Crippen LogP) is 2.38. The summed E-state index contributed by atoms with van der Waals surface area (Å²) in [6, 6.07) is 9.97. The molecular formula is C17H19N5OS. The molecule has 0 fully saturated rings. The summed E-state index contributed by atoms with van der Waals surface area (Å²) < 4.78 is 2.05. The molecule has 0 saturated carbocycles. The number of benzene rings is 1. The highest BCUT2D eigenvalue weighted by Gasteiger charge is 2.15. The molecule has 0 aliphatic heterocycles. The SMILES string of the molecule is Cc1csc2nc(-c3ccccc3)c(/C=N\NC(=O)CN(C)C)n12. The van der Waals surface area contributed by atoms with Gasteiger partial charge in [0.15, 0.2) is 4.96 Å². The van der Waals surface area contributed by atoms with Gasteiger partial charge in [0.2, 0.25) is 0 Å². The maximum absolute atomic E-state index is 11.7. The number of amides is 1. The number of aromatic nitrogens is 2. The summed E-state index contributed by atoms with van der Waals surface area (Å²) >= 11 is 1.59. The molecule has 0 aliphatic carbocycles. The summed E-state index contributed by atoms with van der Waals surface area (Å²) in [7, 11) is 3.68. The molecule has 0 aliphatic rings. The number of imidazole rings is 1. The standard InChI is InChI=1S/C17H19N5OS/c1-12-11-24-17-19-16(13-7-5-4-6-8-13)14(22(12)17)9-18-20-15(23)10-21(2)3/h4-9,11H,10H2,1-3H3,(H,20,23)/b18-9-. The first-order chi connectivity index (χ1) is 11.6. The van der Waals surface area contributed by atoms with E-state index in [4.69, 9.17) is 4.98 Å². The fraction of sp³-hybridized carbons (Fsp3) is 0.235. The van der Waals surface area contributed by atoms with E-state index in [9.17, 15) is 4.79 Å². The molecule has 6 nitrogen and oxygen atoms in total. The molecule has 0 bridgehead atoms. The summed E-state index contributed by atoms with van der Waals surface area (Å²) in [6.45, 7) is 2.32. The van der Waals surface area contributed by atoms with Crippen LogP contribution in [0.3, 0.4) is 0 Å². The lowest BCUT2D eigenvalue weighted by Crippen LogP contribution is -2.30. The molecule has 124 valence electrons. The van der Waals surface area contributed by atoms with E-state index in [-0.39, 0.29) is 5.91 Å². The van der Waals surface area contributed by atoms with Crippen molar-refractivity contribution in [2.45, 2.75) is 6.92 Å². The van der Waals surface area contributed by atoms with Gasteiger partial charge in [-0.1, -0.05) is 30.3 Å². The van der Waals surface area contributed by atoms with Gasteiger partial charge < -0.3 is 4.90 Å². The highest BCUT2D eigenvalue weighted by atomic mass is 32.1. The summed E-state index contributed by atoms with van der Waals surface area (Å²) in [6.07, 6.45) is 1.66. The Labute approximate surface area is 144 Å². The Kier molecular flexibility index (Phi) is 4.73. The van der Waals surface area contributed by atoms with Gasteiger partial charge in [-0.05, 0) is 21.0 Å². The molecule has 7 heteroatoms. The van der Waals surface area contributed by atoms with Crippen LogP contribution in [0.4, 0.5) is 0 Å². The van der Waals surface area contributed by atoms with Crippen LogP contribution in [0.25, 0.3) is 16.2 Å². The van der Waals surface area contributed by atoms with Gasteiger partial charge in [0.25, 0.3) is 5.91 Å². The van der Waals surface area contributed by atoms with Crippen LogP contribution in [0.15, 0.2) is 40.8 Å². The van der Waals surface area contributed by atoms with E-state index < -0.39 is 0 Å². The number of likely N-dealkylation sites (N-methyl/N-ethyl adjacent to an activating group) is 1. The largest absolute Gasteiger partial charge is 0.301 e. The molecule has 0 saturated heterocycles. The second-order valence-electron chi connectivity index (χ2n) is 5.74. The number of hydrogen-bond acceptors (Lipinski definition) is 5. The van der Waals surface area contributed by atoms with Crippen LogP contribution < -0.4 is 5.43 Å². The Morgan fingerprint density at radius 1 is 1.38 bits per heavy atom. The number of carbonyl (C=O) groups excluding carboxylic acids is 1. The van der Waals surface area contributed by atoms with Crippen molar-refractivity contribution in [3.8, 4) is 11.3 Å². The molecule has 3 rings (SSSR count). The normalized spacial score (nSPS) is 11.7. The number of carbonyl (C=O) groups is 1. The summed E-state index contributed by atoms with van der Waals surface area (Å²) in [5, 5.41) is 6.17. The number of aryl methyl sites for hydroxylation is 1.